The summed E-state index contributed by atoms with van der Waals surface area (Å²) in [4.78, 5) is 57.8. The van der Waals surface area contributed by atoms with Crippen molar-refractivity contribution in [3.63, 3.8) is 0 Å². The predicted octanol–water partition coefficient (Wildman–Crippen LogP) is 3.07. The van der Waals surface area contributed by atoms with Crippen LogP contribution in [-0.2, 0) is 31.7 Å². The van der Waals surface area contributed by atoms with E-state index >= 15 is 0 Å². The van der Waals surface area contributed by atoms with Crippen molar-refractivity contribution >= 4 is 45.0 Å². The molecule has 3 heterocycles. The van der Waals surface area contributed by atoms with E-state index in [-0.39, 0.29) is 17.1 Å². The molecule has 4 aromatic rings. The van der Waals surface area contributed by atoms with Crippen LogP contribution >= 0.6 is 23.1 Å². The molecule has 0 fully saturated rings. The second kappa shape index (κ2) is 9.79. The van der Waals surface area contributed by atoms with Gasteiger partial charge < -0.3 is 5.32 Å². The number of nitrogens with zero attached hydrogens (tertiary/aromatic N) is 4. The number of benzene rings is 1. The zero-order valence-corrected chi connectivity index (χ0v) is 22.7. The molecule has 11 heteroatoms. The van der Waals surface area contributed by atoms with E-state index in [4.69, 9.17) is 4.98 Å². The second-order valence-corrected chi connectivity index (χ2v) is 11.3. The molecule has 0 bridgehead atoms. The summed E-state index contributed by atoms with van der Waals surface area (Å²) in [7, 11) is 2.86. The highest BCUT2D eigenvalue weighted by molar-refractivity contribution is 7.99. The number of anilines is 1. The van der Waals surface area contributed by atoms with Crippen molar-refractivity contribution < 1.29 is 4.79 Å². The van der Waals surface area contributed by atoms with E-state index in [9.17, 15) is 19.2 Å². The van der Waals surface area contributed by atoms with E-state index in [0.29, 0.717) is 15.4 Å². The maximum atomic E-state index is 13.9. The summed E-state index contributed by atoms with van der Waals surface area (Å²) in [5.41, 5.74) is 2.71. The van der Waals surface area contributed by atoms with Crippen molar-refractivity contribution in [1.29, 1.82) is 0 Å². The molecular weight excluding hydrogens is 510 g/mol. The van der Waals surface area contributed by atoms with Gasteiger partial charge in [0.2, 0.25) is 5.91 Å². The molecule has 0 spiro atoms. The Morgan fingerprint density at radius 2 is 1.84 bits per heavy atom. The first kappa shape index (κ1) is 25.2. The van der Waals surface area contributed by atoms with Crippen LogP contribution < -0.4 is 22.1 Å². The molecule has 37 heavy (non-hydrogen) atoms. The summed E-state index contributed by atoms with van der Waals surface area (Å²) < 4.78 is 3.79. The van der Waals surface area contributed by atoms with Crippen LogP contribution in [0.25, 0.3) is 15.9 Å². The molecular formula is C26H27N5O4S2. The molecule has 0 radical (unpaired) electrons. The summed E-state index contributed by atoms with van der Waals surface area (Å²) in [5.74, 6) is -0.364. The lowest BCUT2D eigenvalue weighted by Gasteiger charge is -2.16. The van der Waals surface area contributed by atoms with Gasteiger partial charge in [-0.3, -0.25) is 28.1 Å². The zero-order chi connectivity index (χ0) is 26.4. The van der Waals surface area contributed by atoms with Crippen LogP contribution in [0.1, 0.15) is 34.4 Å². The molecule has 0 saturated carbocycles. The number of thioether (sulfide) groups is 1. The fraction of sp³-hybridized carbons (Fsp3) is 0.346. The average Bonchev–Trinajstić information content (AvgIpc) is 3.24. The number of carbonyl (C=O) groups excluding carboxylic acids is 1. The topological polar surface area (TPSA) is 108 Å². The molecule has 1 aliphatic rings. The SMILES string of the molecule is Cc1ccc(-n2c(SCC(=O)Nc3cc(=O)n(C)c(=O)n3C)nc3sc4c(c3c2=O)CCCC4)c(C)c1. The van der Waals surface area contributed by atoms with Crippen LogP contribution in [0.2, 0.25) is 0 Å². The highest BCUT2D eigenvalue weighted by atomic mass is 32.2. The Bertz CT molecular complexity index is 1750. The number of hydrogen-bond donors (Lipinski definition) is 1. The van der Waals surface area contributed by atoms with Crippen LogP contribution in [0.4, 0.5) is 5.82 Å². The summed E-state index contributed by atoms with van der Waals surface area (Å²) in [5, 5.41) is 3.75. The van der Waals surface area contributed by atoms with Crippen molar-refractivity contribution in [2.45, 2.75) is 44.7 Å². The Morgan fingerprint density at radius 1 is 1.08 bits per heavy atom. The quantitative estimate of drug-likeness (QED) is 0.310. The molecule has 192 valence electrons. The first-order valence-electron chi connectivity index (χ1n) is 12.0. The lowest BCUT2D eigenvalue weighted by atomic mass is 9.97. The fourth-order valence-corrected chi connectivity index (χ4v) is 6.82. The molecule has 0 atom stereocenters. The van der Waals surface area contributed by atoms with Crippen molar-refractivity contribution in [1.82, 2.24) is 18.7 Å². The Morgan fingerprint density at radius 3 is 2.59 bits per heavy atom. The third-order valence-corrected chi connectivity index (χ3v) is 8.80. The number of fused-ring (bicyclic) bond motifs is 3. The number of rotatable bonds is 5. The normalized spacial score (nSPS) is 13.1. The maximum Gasteiger partial charge on any atom is 0.332 e. The van der Waals surface area contributed by atoms with Crippen molar-refractivity contribution in [3.8, 4) is 5.69 Å². The Labute approximate surface area is 220 Å². The number of carbonyl (C=O) groups is 1. The minimum Gasteiger partial charge on any atom is -0.311 e. The molecule has 5 rings (SSSR count). The minimum absolute atomic E-state index is 0.0582. The van der Waals surface area contributed by atoms with Crippen molar-refractivity contribution in [2.24, 2.45) is 14.1 Å². The van der Waals surface area contributed by atoms with Gasteiger partial charge in [0.25, 0.3) is 11.1 Å². The number of hydrogen-bond acceptors (Lipinski definition) is 7. The predicted molar refractivity (Wildman–Crippen MR) is 148 cm³/mol. The van der Waals surface area contributed by atoms with Gasteiger partial charge in [-0.15, -0.1) is 11.3 Å². The number of aryl methyl sites for hydroxylation is 4. The van der Waals surface area contributed by atoms with E-state index in [0.717, 1.165) is 64.4 Å². The third-order valence-electron chi connectivity index (χ3n) is 6.68. The number of aromatic nitrogens is 4. The zero-order valence-electron chi connectivity index (χ0n) is 21.1. The minimum atomic E-state index is -0.534. The lowest BCUT2D eigenvalue weighted by Crippen LogP contribution is -2.38. The summed E-state index contributed by atoms with van der Waals surface area (Å²) in [6.07, 6.45) is 4.00. The van der Waals surface area contributed by atoms with Gasteiger partial charge in [-0.1, -0.05) is 29.5 Å². The van der Waals surface area contributed by atoms with Crippen LogP contribution in [0.15, 0.2) is 43.8 Å². The van der Waals surface area contributed by atoms with Crippen LogP contribution in [0.5, 0.6) is 0 Å². The van der Waals surface area contributed by atoms with E-state index < -0.39 is 17.2 Å². The van der Waals surface area contributed by atoms with Gasteiger partial charge in [0.15, 0.2) is 5.16 Å². The van der Waals surface area contributed by atoms with Gasteiger partial charge >= 0.3 is 5.69 Å². The van der Waals surface area contributed by atoms with E-state index in [2.05, 4.69) is 5.32 Å². The summed E-state index contributed by atoms with van der Waals surface area (Å²) in [6.45, 7) is 3.96. The van der Waals surface area contributed by atoms with Gasteiger partial charge in [0, 0.05) is 25.0 Å². The van der Waals surface area contributed by atoms with Crippen molar-refractivity contribution in [2.75, 3.05) is 11.1 Å². The Kier molecular flexibility index (Phi) is 6.67. The molecule has 3 aromatic heterocycles. The van der Waals surface area contributed by atoms with E-state index in [1.165, 1.54) is 29.6 Å². The molecule has 9 nitrogen and oxygen atoms in total. The molecule has 1 aromatic carbocycles. The Hall–Kier alpha value is -3.44. The Balaban J connectivity index is 1.54. The number of nitrogens with one attached hydrogen (secondary N) is 1. The van der Waals surface area contributed by atoms with Gasteiger partial charge in [0.1, 0.15) is 10.6 Å². The number of amides is 1. The molecule has 1 N–H and O–H groups in total. The fourth-order valence-electron chi connectivity index (χ4n) is 4.71. The maximum absolute atomic E-state index is 13.9. The number of thiophene rings is 1. The first-order chi connectivity index (χ1) is 17.7. The molecule has 0 aliphatic heterocycles. The van der Waals surface area contributed by atoms with Crippen LogP contribution in [-0.4, -0.2) is 30.3 Å². The van der Waals surface area contributed by atoms with Crippen LogP contribution in [0.3, 0.4) is 0 Å². The monoisotopic (exact) mass is 537 g/mol. The molecule has 1 amide bonds. The van der Waals surface area contributed by atoms with Gasteiger partial charge in [-0.2, -0.15) is 0 Å². The highest BCUT2D eigenvalue weighted by Gasteiger charge is 2.24. The molecule has 1 aliphatic carbocycles. The third kappa shape index (κ3) is 4.57. The van der Waals surface area contributed by atoms with E-state index in [1.807, 2.05) is 32.0 Å². The van der Waals surface area contributed by atoms with Gasteiger partial charge in [-0.05, 0) is 56.7 Å². The van der Waals surface area contributed by atoms with Crippen LogP contribution in [0, 0.1) is 13.8 Å². The summed E-state index contributed by atoms with van der Waals surface area (Å²) in [6, 6.07) is 7.10. The molecule has 0 saturated heterocycles. The lowest BCUT2D eigenvalue weighted by molar-refractivity contribution is -0.113. The largest absolute Gasteiger partial charge is 0.332 e. The first-order valence-corrected chi connectivity index (χ1v) is 13.8. The molecule has 0 unspecified atom stereocenters. The van der Waals surface area contributed by atoms with Gasteiger partial charge in [0.05, 0.1) is 16.8 Å². The van der Waals surface area contributed by atoms with E-state index in [1.54, 1.807) is 15.9 Å². The van der Waals surface area contributed by atoms with Gasteiger partial charge in [-0.25, -0.2) is 9.78 Å². The second-order valence-electron chi connectivity index (χ2n) is 9.32. The average molecular weight is 538 g/mol. The standard InChI is InChI=1S/C26H27N5O4S2/c1-14-9-10-17(15(2)11-14)31-24(34)22-16-7-5-6-8-18(16)37-23(22)28-25(31)36-13-20(32)27-19-12-21(33)30(4)26(35)29(19)3/h9-12H,5-8,13H2,1-4H3,(H,27,32). The highest BCUT2D eigenvalue weighted by Crippen LogP contribution is 2.35. The smallest absolute Gasteiger partial charge is 0.311 e. The van der Waals surface area contributed by atoms with Crippen molar-refractivity contribution in [3.05, 3.63) is 77.0 Å². The summed E-state index contributed by atoms with van der Waals surface area (Å²) >= 11 is 2.72.